The van der Waals surface area contributed by atoms with Gasteiger partial charge in [0.2, 0.25) is 0 Å². The number of hydrogen-bond acceptors (Lipinski definition) is 10. The molecule has 1 fully saturated rings. The highest BCUT2D eigenvalue weighted by Crippen LogP contribution is 2.25. The Kier molecular flexibility index (Phi) is 15.8. The molecule has 2 aromatic carbocycles. The average molecular weight is 579 g/mol. The highest BCUT2D eigenvalue weighted by molar-refractivity contribution is 5.14. The molecule has 0 radical (unpaired) electrons. The van der Waals surface area contributed by atoms with E-state index < -0.39 is 36.8 Å². The molecule has 1 unspecified atom stereocenters. The predicted molar refractivity (Wildman–Crippen MR) is 150 cm³/mol. The van der Waals surface area contributed by atoms with Crippen molar-refractivity contribution in [2.45, 2.75) is 101 Å². The molecule has 0 saturated carbocycles. The number of aliphatic hydroxyl groups is 5. The lowest BCUT2D eigenvalue weighted by molar-refractivity contribution is -0.218. The molecule has 1 heterocycles. The van der Waals surface area contributed by atoms with Crippen molar-refractivity contribution < 1.29 is 49.2 Å². The van der Waals surface area contributed by atoms with Crippen molar-refractivity contribution in [3.63, 3.8) is 0 Å². The van der Waals surface area contributed by atoms with Crippen molar-refractivity contribution in [2.75, 3.05) is 20.2 Å². The normalized spacial score (nSPS) is 22.2. The molecular formula is C31H46O10. The fourth-order valence-corrected chi connectivity index (χ4v) is 4.93. The van der Waals surface area contributed by atoms with E-state index in [1.54, 1.807) is 0 Å². The molecule has 0 bridgehead atoms. The van der Waals surface area contributed by atoms with E-state index in [-0.39, 0.29) is 52.0 Å². The van der Waals surface area contributed by atoms with Crippen LogP contribution in [0.1, 0.15) is 56.1 Å². The van der Waals surface area contributed by atoms with E-state index in [0.717, 1.165) is 11.1 Å². The van der Waals surface area contributed by atoms with Gasteiger partial charge in [-0.1, -0.05) is 60.7 Å². The van der Waals surface area contributed by atoms with E-state index in [1.807, 2.05) is 60.7 Å². The Morgan fingerprint density at radius 1 is 0.756 bits per heavy atom. The predicted octanol–water partition coefficient (Wildman–Crippen LogP) is 2.63. The third-order valence-corrected chi connectivity index (χ3v) is 6.95. The Hall–Kier alpha value is -1.96. The molecule has 7 atom stereocenters. The summed E-state index contributed by atoms with van der Waals surface area (Å²) in [5.41, 5.74) is 2.05. The smallest absolute Gasteiger partial charge is 0.157 e. The molecule has 10 heteroatoms. The van der Waals surface area contributed by atoms with Crippen LogP contribution in [0.4, 0.5) is 0 Å². The Bertz CT molecular complexity index is 918. The number of ether oxygens (including phenoxy) is 5. The summed E-state index contributed by atoms with van der Waals surface area (Å²) in [4.78, 5) is 0. The molecule has 2 aromatic rings. The lowest BCUT2D eigenvalue weighted by Gasteiger charge is -2.34. The van der Waals surface area contributed by atoms with Crippen LogP contribution < -0.4 is 0 Å². The number of benzene rings is 2. The number of rotatable bonds is 20. The highest BCUT2D eigenvalue weighted by atomic mass is 16.7. The van der Waals surface area contributed by atoms with E-state index in [9.17, 15) is 25.5 Å². The van der Waals surface area contributed by atoms with Gasteiger partial charge in [-0.25, -0.2) is 0 Å². The molecule has 1 aliphatic heterocycles. The zero-order valence-corrected chi connectivity index (χ0v) is 23.6. The summed E-state index contributed by atoms with van der Waals surface area (Å²) in [6, 6.07) is 19.4. The molecule has 0 spiro atoms. The minimum absolute atomic E-state index is 0.0185. The van der Waals surface area contributed by atoms with E-state index in [1.165, 1.54) is 0 Å². The van der Waals surface area contributed by atoms with E-state index in [2.05, 4.69) is 0 Å². The molecule has 0 aromatic heterocycles. The van der Waals surface area contributed by atoms with Gasteiger partial charge in [0.25, 0.3) is 0 Å². The van der Waals surface area contributed by atoms with Crippen LogP contribution in [0.2, 0.25) is 0 Å². The van der Waals surface area contributed by atoms with Crippen molar-refractivity contribution in [3.8, 4) is 0 Å². The topological polar surface area (TPSA) is 147 Å². The van der Waals surface area contributed by atoms with Crippen LogP contribution in [0.3, 0.4) is 0 Å². The third kappa shape index (κ3) is 14.2. The van der Waals surface area contributed by atoms with Gasteiger partial charge in [0.05, 0.1) is 49.8 Å². The van der Waals surface area contributed by atoms with Gasteiger partial charge < -0.3 is 49.2 Å². The third-order valence-electron chi connectivity index (χ3n) is 6.95. The quantitative estimate of drug-likeness (QED) is 0.117. The second-order valence-electron chi connectivity index (χ2n) is 10.6. The minimum Gasteiger partial charge on any atom is -0.396 e. The van der Waals surface area contributed by atoms with Gasteiger partial charge >= 0.3 is 0 Å². The van der Waals surface area contributed by atoms with Crippen LogP contribution >= 0.6 is 0 Å². The summed E-state index contributed by atoms with van der Waals surface area (Å²) >= 11 is 0. The van der Waals surface area contributed by atoms with Gasteiger partial charge in [0.1, 0.15) is 13.6 Å². The average Bonchev–Trinajstić information content (AvgIpc) is 2.94. The van der Waals surface area contributed by atoms with E-state index in [4.69, 9.17) is 23.7 Å². The maximum Gasteiger partial charge on any atom is 0.157 e. The second-order valence-corrected chi connectivity index (χ2v) is 10.6. The Morgan fingerprint density at radius 2 is 1.34 bits per heavy atom. The first-order chi connectivity index (χ1) is 19.9. The fourth-order valence-electron chi connectivity index (χ4n) is 4.93. The Balaban J connectivity index is 1.31. The first-order valence-corrected chi connectivity index (χ1v) is 14.4. The largest absolute Gasteiger partial charge is 0.396 e. The van der Waals surface area contributed by atoms with Crippen LogP contribution in [-0.4, -0.2) is 88.6 Å². The second kappa shape index (κ2) is 19.3. The Morgan fingerprint density at radius 3 is 1.98 bits per heavy atom. The Labute approximate surface area is 242 Å². The first-order valence-electron chi connectivity index (χ1n) is 14.4. The van der Waals surface area contributed by atoms with Gasteiger partial charge in [0.15, 0.2) is 6.29 Å². The first kappa shape index (κ1) is 33.5. The van der Waals surface area contributed by atoms with Crippen LogP contribution in [-0.2, 0) is 36.9 Å². The van der Waals surface area contributed by atoms with E-state index >= 15 is 0 Å². The van der Waals surface area contributed by atoms with Crippen molar-refractivity contribution >= 4 is 0 Å². The summed E-state index contributed by atoms with van der Waals surface area (Å²) in [6.45, 7) is 0.813. The molecule has 230 valence electrons. The van der Waals surface area contributed by atoms with Gasteiger partial charge in [-0.3, -0.25) is 0 Å². The summed E-state index contributed by atoms with van der Waals surface area (Å²) in [6.07, 6.45) is -3.25. The molecule has 41 heavy (non-hydrogen) atoms. The van der Waals surface area contributed by atoms with Crippen molar-refractivity contribution in [1.29, 1.82) is 0 Å². The summed E-state index contributed by atoms with van der Waals surface area (Å²) in [5.74, 6) is 0. The van der Waals surface area contributed by atoms with E-state index in [0.29, 0.717) is 32.5 Å². The molecule has 0 amide bonds. The lowest BCUT2D eigenvalue weighted by atomic mass is 9.95. The zero-order chi connectivity index (χ0) is 29.3. The molecule has 3 rings (SSSR count). The number of aliphatic hydroxyl groups excluding tert-OH is 5. The molecular weight excluding hydrogens is 532 g/mol. The number of hydrogen-bond donors (Lipinski definition) is 5. The lowest BCUT2D eigenvalue weighted by Crippen LogP contribution is -2.39. The molecule has 0 aliphatic carbocycles. The maximum absolute atomic E-state index is 10.6. The van der Waals surface area contributed by atoms with Crippen molar-refractivity contribution in [1.82, 2.24) is 0 Å². The van der Waals surface area contributed by atoms with Gasteiger partial charge in [0, 0.05) is 19.4 Å². The van der Waals surface area contributed by atoms with Crippen molar-refractivity contribution in [2.24, 2.45) is 0 Å². The maximum atomic E-state index is 10.6. The molecule has 1 saturated heterocycles. The summed E-state index contributed by atoms with van der Waals surface area (Å²) in [7, 11) is 0. The van der Waals surface area contributed by atoms with Gasteiger partial charge in [-0.2, -0.15) is 0 Å². The standard InChI is InChI=1S/C31H46O10/c32-12-11-28(39-21-37-19-23-7-3-1-4-8-23)15-26(34)13-25(33)14-27(35)16-30-17-29(18-31(36)41-30)40-22-38-20-24-9-5-2-6-10-24/h1-10,25-36H,11-22H2/t25-,26+,27-,28+,29-,30+,31?/m0/s1. The summed E-state index contributed by atoms with van der Waals surface area (Å²) in [5, 5.41) is 51.0. The minimum atomic E-state index is -1.01. The van der Waals surface area contributed by atoms with Gasteiger partial charge in [-0.05, 0) is 43.2 Å². The zero-order valence-electron chi connectivity index (χ0n) is 23.6. The summed E-state index contributed by atoms with van der Waals surface area (Å²) < 4.78 is 28.1. The van der Waals surface area contributed by atoms with Crippen LogP contribution in [0.25, 0.3) is 0 Å². The SMILES string of the molecule is OCC[C@H](C[C@H](O)C[C@H](O)C[C@H](O)C[C@@H]1C[C@H](OCOCc2ccccc2)CC(O)O1)OCOCc1ccccc1. The van der Waals surface area contributed by atoms with Crippen LogP contribution in [0.15, 0.2) is 60.7 Å². The van der Waals surface area contributed by atoms with Crippen LogP contribution in [0.5, 0.6) is 0 Å². The van der Waals surface area contributed by atoms with Crippen molar-refractivity contribution in [3.05, 3.63) is 71.8 Å². The highest BCUT2D eigenvalue weighted by Gasteiger charge is 2.31. The molecule has 10 nitrogen and oxygen atoms in total. The monoisotopic (exact) mass is 578 g/mol. The fraction of sp³-hybridized carbons (Fsp3) is 0.613. The molecule has 5 N–H and O–H groups in total. The van der Waals surface area contributed by atoms with Crippen LogP contribution in [0, 0.1) is 0 Å². The van der Waals surface area contributed by atoms with Gasteiger partial charge in [-0.15, -0.1) is 0 Å². The molecule has 1 aliphatic rings.